The van der Waals surface area contributed by atoms with Crippen LogP contribution in [0.2, 0.25) is 0 Å². The lowest BCUT2D eigenvalue weighted by Crippen LogP contribution is -2.13. The van der Waals surface area contributed by atoms with Crippen LogP contribution in [-0.4, -0.2) is 24.6 Å². The van der Waals surface area contributed by atoms with Crippen LogP contribution in [0.3, 0.4) is 0 Å². The summed E-state index contributed by atoms with van der Waals surface area (Å²) >= 11 is 0. The molecule has 0 fully saturated rings. The summed E-state index contributed by atoms with van der Waals surface area (Å²) in [6.45, 7) is 9.36. The van der Waals surface area contributed by atoms with Crippen molar-refractivity contribution in [2.24, 2.45) is 0 Å². The van der Waals surface area contributed by atoms with Crippen LogP contribution in [-0.2, 0) is 0 Å². The first kappa shape index (κ1) is 67.4. The molecule has 0 aromatic rings. The number of hydrogen-bond donors (Lipinski definition) is 0. The van der Waals surface area contributed by atoms with Gasteiger partial charge in [-0.25, -0.2) is 0 Å². The summed E-state index contributed by atoms with van der Waals surface area (Å²) in [5, 5.41) is 0. The molecule has 0 atom stereocenters. The van der Waals surface area contributed by atoms with Crippen LogP contribution >= 0.6 is 7.26 Å². The quantitative estimate of drug-likeness (QED) is 0.0421. The maximum absolute atomic E-state index is 2.37. The van der Waals surface area contributed by atoms with Crippen molar-refractivity contribution < 1.29 is 0 Å². The van der Waals surface area contributed by atoms with E-state index in [4.69, 9.17) is 0 Å². The van der Waals surface area contributed by atoms with Gasteiger partial charge in [0, 0.05) is 7.26 Å². The fraction of sp³-hybridized carbons (Fsp3) is 1.00. The van der Waals surface area contributed by atoms with Crippen LogP contribution in [0.4, 0.5) is 0 Å². The zero-order valence-electron chi connectivity index (χ0n) is 48.3. The molecular weight excluding hydrogens is 824 g/mol. The lowest BCUT2D eigenvalue weighted by Gasteiger charge is -2.28. The fourth-order valence-corrected chi connectivity index (χ4v) is 16.5. The molecule has 0 spiro atoms. The Morgan fingerprint density at radius 2 is 0.209 bits per heavy atom. The Morgan fingerprint density at radius 3 is 0.313 bits per heavy atom. The summed E-state index contributed by atoms with van der Waals surface area (Å²) in [4.78, 5) is 0. The van der Waals surface area contributed by atoms with E-state index in [1.807, 2.05) is 0 Å². The number of unbranched alkanes of at least 4 members (excludes halogenated alkanes) is 54. The van der Waals surface area contributed by atoms with Gasteiger partial charge in [0.15, 0.2) is 0 Å². The van der Waals surface area contributed by atoms with Gasteiger partial charge in [-0.05, 0) is 51.4 Å². The van der Waals surface area contributed by atoms with Crippen molar-refractivity contribution in [3.05, 3.63) is 0 Å². The lowest BCUT2D eigenvalue weighted by molar-refractivity contribution is 0.528. The van der Waals surface area contributed by atoms with E-state index >= 15 is 0 Å². The predicted molar refractivity (Wildman–Crippen MR) is 317 cm³/mol. The van der Waals surface area contributed by atoms with E-state index in [0.29, 0.717) is 0 Å². The van der Waals surface area contributed by atoms with Gasteiger partial charge in [0.2, 0.25) is 0 Å². The Bertz CT molecular complexity index is 740. The second kappa shape index (κ2) is 60.7. The lowest BCUT2D eigenvalue weighted by atomic mass is 10.0. The molecule has 0 saturated carbocycles. The third kappa shape index (κ3) is 55.6. The molecule has 0 aliphatic heterocycles. The van der Waals surface area contributed by atoms with E-state index in [2.05, 4.69) is 27.7 Å². The molecule has 0 rings (SSSR count). The molecule has 0 aliphatic rings. The van der Waals surface area contributed by atoms with Gasteiger partial charge in [-0.3, -0.25) is 0 Å². The molecule has 0 N–H and O–H groups in total. The van der Waals surface area contributed by atoms with Crippen molar-refractivity contribution in [3.63, 3.8) is 0 Å². The summed E-state index contributed by atoms with van der Waals surface area (Å²) in [7, 11) is -0.827. The van der Waals surface area contributed by atoms with Crippen LogP contribution in [0.15, 0.2) is 0 Å². The average Bonchev–Trinajstić information content (AvgIpc) is 3.34. The molecule has 67 heavy (non-hydrogen) atoms. The summed E-state index contributed by atoms with van der Waals surface area (Å²) in [6.07, 6.45) is 93.3. The standard InChI is InChI=1S/C66H136P/c1-5-9-13-17-21-24-27-30-33-36-39-42-45-48-52-56-60-64-67(63-59-55-51-20-16-12-8-4,65-61-57-53-49-46-43-40-37-34-31-28-25-22-18-14-10-6-2)66-62-58-54-50-47-44-41-38-35-32-29-26-23-19-15-11-7-3/h5-66H2,1-4H3/q+1. The summed E-state index contributed by atoms with van der Waals surface area (Å²) in [5.41, 5.74) is 0. The zero-order valence-corrected chi connectivity index (χ0v) is 49.2. The molecule has 404 valence electrons. The minimum atomic E-state index is -0.827. The van der Waals surface area contributed by atoms with Gasteiger partial charge < -0.3 is 0 Å². The third-order valence-corrected chi connectivity index (χ3v) is 21.5. The van der Waals surface area contributed by atoms with Crippen LogP contribution in [0.1, 0.15) is 400 Å². The highest BCUT2D eigenvalue weighted by atomic mass is 31.2. The van der Waals surface area contributed by atoms with Crippen molar-refractivity contribution >= 4 is 7.26 Å². The van der Waals surface area contributed by atoms with Crippen molar-refractivity contribution in [2.45, 2.75) is 400 Å². The molecule has 0 radical (unpaired) electrons. The number of rotatable bonds is 62. The topological polar surface area (TPSA) is 0 Å². The molecular formula is C66H136P+. The molecule has 0 nitrogen and oxygen atoms in total. The Balaban J connectivity index is 4.73. The van der Waals surface area contributed by atoms with Crippen LogP contribution < -0.4 is 0 Å². The zero-order chi connectivity index (χ0) is 48.3. The van der Waals surface area contributed by atoms with Gasteiger partial charge in [-0.15, -0.1) is 0 Å². The van der Waals surface area contributed by atoms with Crippen molar-refractivity contribution in [1.82, 2.24) is 0 Å². The van der Waals surface area contributed by atoms with Crippen molar-refractivity contribution in [1.29, 1.82) is 0 Å². The first-order chi connectivity index (χ1) is 33.2. The predicted octanol–water partition coefficient (Wildman–Crippen LogP) is 25.7. The van der Waals surface area contributed by atoms with Gasteiger partial charge in [0.1, 0.15) is 0 Å². The highest BCUT2D eigenvalue weighted by molar-refractivity contribution is 7.75. The Kier molecular flexibility index (Phi) is 61.1. The van der Waals surface area contributed by atoms with Crippen molar-refractivity contribution in [2.75, 3.05) is 24.6 Å². The third-order valence-electron chi connectivity index (χ3n) is 16.4. The molecule has 0 bridgehead atoms. The molecule has 1 heteroatoms. The van der Waals surface area contributed by atoms with E-state index in [1.165, 1.54) is 347 Å². The Hall–Kier alpha value is 0.430. The van der Waals surface area contributed by atoms with Gasteiger partial charge in [-0.1, -0.05) is 349 Å². The molecule has 0 aromatic carbocycles. The smallest absolute Gasteiger partial charge is 0.0594 e. The summed E-state index contributed by atoms with van der Waals surface area (Å²) in [5.74, 6) is 0. The van der Waals surface area contributed by atoms with E-state index in [1.54, 1.807) is 50.3 Å². The highest BCUT2D eigenvalue weighted by Gasteiger charge is 2.35. The second-order valence-electron chi connectivity index (χ2n) is 23.3. The molecule has 0 heterocycles. The Morgan fingerprint density at radius 1 is 0.119 bits per heavy atom. The summed E-state index contributed by atoms with van der Waals surface area (Å²) < 4.78 is 0. The molecule has 0 aromatic heterocycles. The SMILES string of the molecule is CCCCCCCCCCCCCCCCCCC[P+](CCCCCCCCC)(CCCCCCCCCCCCCCCCCCC)CCCCCCCCCCCCCCCCCCC. The van der Waals surface area contributed by atoms with Gasteiger partial charge in [0.05, 0.1) is 24.6 Å². The maximum atomic E-state index is 2.37. The Labute approximate surface area is 430 Å². The molecule has 0 saturated heterocycles. The van der Waals surface area contributed by atoms with Crippen LogP contribution in [0.25, 0.3) is 0 Å². The van der Waals surface area contributed by atoms with E-state index in [9.17, 15) is 0 Å². The normalized spacial score (nSPS) is 12.0. The number of hydrogen-bond acceptors (Lipinski definition) is 0. The van der Waals surface area contributed by atoms with Gasteiger partial charge in [-0.2, -0.15) is 0 Å². The molecule has 0 amide bonds. The van der Waals surface area contributed by atoms with Crippen LogP contribution in [0, 0.1) is 0 Å². The molecule has 0 unspecified atom stereocenters. The second-order valence-corrected chi connectivity index (χ2v) is 27.8. The van der Waals surface area contributed by atoms with Crippen LogP contribution in [0.5, 0.6) is 0 Å². The first-order valence-electron chi connectivity index (χ1n) is 33.1. The van der Waals surface area contributed by atoms with E-state index < -0.39 is 7.26 Å². The summed E-state index contributed by atoms with van der Waals surface area (Å²) in [6, 6.07) is 0. The molecule has 0 aliphatic carbocycles. The van der Waals surface area contributed by atoms with Gasteiger partial charge in [0.25, 0.3) is 0 Å². The van der Waals surface area contributed by atoms with Crippen molar-refractivity contribution in [3.8, 4) is 0 Å². The van der Waals surface area contributed by atoms with E-state index in [0.717, 1.165) is 0 Å². The fourth-order valence-electron chi connectivity index (χ4n) is 11.6. The first-order valence-corrected chi connectivity index (χ1v) is 35.6. The average molecular weight is 961 g/mol. The van der Waals surface area contributed by atoms with Gasteiger partial charge >= 0.3 is 0 Å². The monoisotopic (exact) mass is 960 g/mol. The minimum absolute atomic E-state index is 0.827. The maximum Gasteiger partial charge on any atom is 0.0594 e. The van der Waals surface area contributed by atoms with E-state index in [-0.39, 0.29) is 0 Å². The minimum Gasteiger partial charge on any atom is -0.0654 e. The largest absolute Gasteiger partial charge is 0.0654 e. The highest BCUT2D eigenvalue weighted by Crippen LogP contribution is 2.61.